The molecule has 28 heavy (non-hydrogen) atoms. The summed E-state index contributed by atoms with van der Waals surface area (Å²) in [6, 6.07) is 13.7. The van der Waals surface area contributed by atoms with Crippen molar-refractivity contribution >= 4 is 17.6 Å². The second-order valence-corrected chi connectivity index (χ2v) is 6.51. The van der Waals surface area contributed by atoms with Gasteiger partial charge in [-0.1, -0.05) is 24.3 Å². The summed E-state index contributed by atoms with van der Waals surface area (Å²) in [6.45, 7) is 1.69. The molecule has 0 spiro atoms. The molecule has 0 N–H and O–H groups in total. The van der Waals surface area contributed by atoms with E-state index < -0.39 is 5.97 Å². The Morgan fingerprint density at radius 3 is 2.50 bits per heavy atom. The lowest BCUT2D eigenvalue weighted by Crippen LogP contribution is -2.50. The van der Waals surface area contributed by atoms with E-state index >= 15 is 0 Å². The van der Waals surface area contributed by atoms with E-state index in [1.54, 1.807) is 54.5 Å². The molecule has 0 atom stereocenters. The maximum absolute atomic E-state index is 13.9. The lowest BCUT2D eigenvalue weighted by molar-refractivity contribution is -0.151. The van der Waals surface area contributed by atoms with Gasteiger partial charge in [0, 0.05) is 26.2 Å². The van der Waals surface area contributed by atoms with Gasteiger partial charge in [-0.15, -0.1) is 0 Å². The maximum atomic E-state index is 13.9. The molecule has 1 heterocycles. The summed E-state index contributed by atoms with van der Waals surface area (Å²) in [5, 5.41) is 0. The monoisotopic (exact) mass is 386 g/mol. The minimum absolute atomic E-state index is 0.0749. The molecule has 1 fully saturated rings. The number of piperazine rings is 1. The van der Waals surface area contributed by atoms with Gasteiger partial charge in [0.05, 0.1) is 19.2 Å². The number of carbonyl (C=O) groups excluding carboxylic acids is 2. The van der Waals surface area contributed by atoms with Crippen LogP contribution in [-0.2, 0) is 20.7 Å². The summed E-state index contributed by atoms with van der Waals surface area (Å²) >= 11 is 0. The van der Waals surface area contributed by atoms with Gasteiger partial charge in [0.1, 0.15) is 11.6 Å². The highest BCUT2D eigenvalue weighted by Crippen LogP contribution is 2.20. The van der Waals surface area contributed by atoms with E-state index in [1.807, 2.05) is 4.90 Å². The molecule has 0 aliphatic carbocycles. The average Bonchev–Trinajstić information content (AvgIpc) is 2.72. The molecule has 0 saturated carbocycles. The first-order chi connectivity index (χ1) is 13.6. The molecule has 0 aromatic heterocycles. The summed E-state index contributed by atoms with van der Waals surface area (Å²) in [4.78, 5) is 27.8. The molecule has 2 aromatic carbocycles. The number of anilines is 1. The summed E-state index contributed by atoms with van der Waals surface area (Å²) in [6.07, 6.45) is 0.0749. The van der Waals surface area contributed by atoms with Crippen molar-refractivity contribution < 1.29 is 23.5 Å². The number of amides is 1. The predicted molar refractivity (Wildman–Crippen MR) is 103 cm³/mol. The van der Waals surface area contributed by atoms with Crippen LogP contribution in [0.25, 0.3) is 0 Å². The van der Waals surface area contributed by atoms with Crippen LogP contribution >= 0.6 is 0 Å². The smallest absolute Gasteiger partial charge is 0.310 e. The van der Waals surface area contributed by atoms with Gasteiger partial charge in [0.25, 0.3) is 5.91 Å². The Kier molecular flexibility index (Phi) is 6.47. The third-order valence-corrected chi connectivity index (χ3v) is 4.66. The number of methoxy groups -OCH3 is 1. The van der Waals surface area contributed by atoms with Gasteiger partial charge in [-0.05, 0) is 29.8 Å². The number of para-hydroxylation sites is 1. The van der Waals surface area contributed by atoms with E-state index in [9.17, 15) is 14.0 Å². The van der Waals surface area contributed by atoms with E-state index in [0.717, 1.165) is 5.56 Å². The molecule has 148 valence electrons. The van der Waals surface area contributed by atoms with Crippen molar-refractivity contribution in [1.29, 1.82) is 0 Å². The highest BCUT2D eigenvalue weighted by atomic mass is 19.1. The topological polar surface area (TPSA) is 59.1 Å². The van der Waals surface area contributed by atoms with E-state index in [0.29, 0.717) is 37.6 Å². The van der Waals surface area contributed by atoms with Crippen LogP contribution in [0.2, 0.25) is 0 Å². The highest BCUT2D eigenvalue weighted by Gasteiger charge is 2.23. The number of ether oxygens (including phenoxy) is 2. The molecule has 1 amide bonds. The first-order valence-electron chi connectivity index (χ1n) is 9.12. The van der Waals surface area contributed by atoms with Crippen LogP contribution < -0.4 is 9.64 Å². The standard InChI is InChI=1S/C21H23FN2O4/c1-27-17-6-4-5-16(13-17)14-21(26)28-15-20(25)24-11-9-23(10-12-24)19-8-3-2-7-18(19)22/h2-8,13H,9-12,14-15H2,1H3. The van der Waals surface area contributed by atoms with Gasteiger partial charge in [-0.2, -0.15) is 0 Å². The van der Waals surface area contributed by atoms with Crippen LogP contribution in [0, 0.1) is 5.82 Å². The molecule has 2 aromatic rings. The molecule has 3 rings (SSSR count). The molecule has 1 aliphatic heterocycles. The van der Waals surface area contributed by atoms with Crippen molar-refractivity contribution in [1.82, 2.24) is 4.90 Å². The van der Waals surface area contributed by atoms with E-state index in [1.165, 1.54) is 6.07 Å². The van der Waals surface area contributed by atoms with Crippen LogP contribution in [0.3, 0.4) is 0 Å². The minimum atomic E-state index is -0.466. The molecule has 7 heteroatoms. The zero-order chi connectivity index (χ0) is 19.9. The Morgan fingerprint density at radius 1 is 1.04 bits per heavy atom. The first-order valence-corrected chi connectivity index (χ1v) is 9.12. The molecule has 0 bridgehead atoms. The number of rotatable bonds is 6. The second-order valence-electron chi connectivity index (χ2n) is 6.51. The third-order valence-electron chi connectivity index (χ3n) is 4.66. The van der Waals surface area contributed by atoms with Crippen molar-refractivity contribution in [2.24, 2.45) is 0 Å². The van der Waals surface area contributed by atoms with E-state index in [-0.39, 0.29) is 24.8 Å². The molecule has 0 unspecified atom stereocenters. The fraction of sp³-hybridized carbons (Fsp3) is 0.333. The number of hydrogen-bond acceptors (Lipinski definition) is 5. The van der Waals surface area contributed by atoms with Crippen LogP contribution in [-0.4, -0.2) is 56.7 Å². The Labute approximate surface area is 163 Å². The zero-order valence-corrected chi connectivity index (χ0v) is 15.8. The highest BCUT2D eigenvalue weighted by molar-refractivity contribution is 5.81. The fourth-order valence-corrected chi connectivity index (χ4v) is 3.14. The van der Waals surface area contributed by atoms with Crippen LogP contribution in [0.4, 0.5) is 10.1 Å². The van der Waals surface area contributed by atoms with Crippen LogP contribution in [0.1, 0.15) is 5.56 Å². The van der Waals surface area contributed by atoms with Crippen molar-refractivity contribution in [2.75, 3.05) is 44.8 Å². The van der Waals surface area contributed by atoms with Crippen molar-refractivity contribution in [3.8, 4) is 5.75 Å². The number of nitrogens with zero attached hydrogens (tertiary/aromatic N) is 2. The Morgan fingerprint density at radius 2 is 1.79 bits per heavy atom. The van der Waals surface area contributed by atoms with E-state index in [2.05, 4.69) is 0 Å². The van der Waals surface area contributed by atoms with Crippen molar-refractivity contribution in [3.05, 3.63) is 59.9 Å². The first kappa shape index (κ1) is 19.7. The normalized spacial score (nSPS) is 13.9. The maximum Gasteiger partial charge on any atom is 0.310 e. The average molecular weight is 386 g/mol. The Hall–Kier alpha value is -3.09. The van der Waals surface area contributed by atoms with Gasteiger partial charge in [-0.3, -0.25) is 9.59 Å². The van der Waals surface area contributed by atoms with Crippen LogP contribution in [0.5, 0.6) is 5.75 Å². The number of hydrogen-bond donors (Lipinski definition) is 0. The fourth-order valence-electron chi connectivity index (χ4n) is 3.14. The molecule has 6 nitrogen and oxygen atoms in total. The van der Waals surface area contributed by atoms with Gasteiger partial charge in [0.2, 0.25) is 0 Å². The zero-order valence-electron chi connectivity index (χ0n) is 15.8. The quantitative estimate of drug-likeness (QED) is 0.713. The van der Waals surface area contributed by atoms with Gasteiger partial charge < -0.3 is 19.3 Å². The Balaban J connectivity index is 1.44. The number of carbonyl (C=O) groups is 2. The van der Waals surface area contributed by atoms with Gasteiger partial charge in [-0.25, -0.2) is 4.39 Å². The number of esters is 1. The summed E-state index contributed by atoms with van der Waals surface area (Å²) in [5.74, 6) is -0.318. The van der Waals surface area contributed by atoms with Gasteiger partial charge in [0.15, 0.2) is 6.61 Å². The Bertz CT molecular complexity index is 835. The lowest BCUT2D eigenvalue weighted by atomic mass is 10.1. The summed E-state index contributed by atoms with van der Waals surface area (Å²) in [5.41, 5.74) is 1.30. The van der Waals surface area contributed by atoms with Crippen molar-refractivity contribution in [2.45, 2.75) is 6.42 Å². The SMILES string of the molecule is COc1cccc(CC(=O)OCC(=O)N2CCN(c3ccccc3F)CC2)c1. The minimum Gasteiger partial charge on any atom is -0.497 e. The number of benzene rings is 2. The largest absolute Gasteiger partial charge is 0.497 e. The predicted octanol–water partition coefficient (Wildman–Crippen LogP) is 2.27. The molecule has 1 aliphatic rings. The number of halogens is 1. The third kappa shape index (κ3) is 5.00. The van der Waals surface area contributed by atoms with Crippen molar-refractivity contribution in [3.63, 3.8) is 0 Å². The molecule has 0 radical (unpaired) electrons. The molecule has 1 saturated heterocycles. The summed E-state index contributed by atoms with van der Waals surface area (Å²) in [7, 11) is 1.56. The summed E-state index contributed by atoms with van der Waals surface area (Å²) < 4.78 is 24.1. The molecular weight excluding hydrogens is 363 g/mol. The van der Waals surface area contributed by atoms with Gasteiger partial charge >= 0.3 is 5.97 Å². The van der Waals surface area contributed by atoms with Crippen LogP contribution in [0.15, 0.2) is 48.5 Å². The molecular formula is C21H23FN2O4. The van der Waals surface area contributed by atoms with E-state index in [4.69, 9.17) is 9.47 Å². The lowest BCUT2D eigenvalue weighted by Gasteiger charge is -2.36. The second kappa shape index (κ2) is 9.21.